The monoisotopic (exact) mass is 359 g/mol. The van der Waals surface area contributed by atoms with Crippen molar-refractivity contribution in [3.05, 3.63) is 64.6 Å². The average Bonchev–Trinajstić information content (AvgIpc) is 2.59. The Balaban J connectivity index is 1.87. The molecule has 0 unspecified atom stereocenters. The largest absolute Gasteiger partial charge is 0.336 e. The summed E-state index contributed by atoms with van der Waals surface area (Å²) in [6.07, 6.45) is 1.25. The summed E-state index contributed by atoms with van der Waals surface area (Å²) in [5, 5.41) is 13.3. The van der Waals surface area contributed by atoms with Crippen molar-refractivity contribution in [1.29, 1.82) is 0 Å². The maximum absolute atomic E-state index is 13.8. The van der Waals surface area contributed by atoms with Crippen LogP contribution in [0.15, 0.2) is 30.5 Å². The van der Waals surface area contributed by atoms with Crippen molar-refractivity contribution in [2.45, 2.75) is 20.8 Å². The van der Waals surface area contributed by atoms with Gasteiger partial charge in [0.15, 0.2) is 23.3 Å². The van der Waals surface area contributed by atoms with E-state index in [1.165, 1.54) is 6.20 Å². The summed E-state index contributed by atoms with van der Waals surface area (Å²) in [5.41, 5.74) is 3.74. The first-order valence-electron chi connectivity index (χ1n) is 7.80. The van der Waals surface area contributed by atoms with E-state index in [9.17, 15) is 13.2 Å². The fraction of sp³-hybridized carbons (Fsp3) is 0.167. The lowest BCUT2D eigenvalue weighted by atomic mass is 10.1. The zero-order valence-electron chi connectivity index (χ0n) is 14.4. The summed E-state index contributed by atoms with van der Waals surface area (Å²) in [6.45, 7) is 5.91. The minimum atomic E-state index is -1.55. The van der Waals surface area contributed by atoms with E-state index in [2.05, 4.69) is 25.8 Å². The molecule has 0 aliphatic carbocycles. The van der Waals surface area contributed by atoms with Gasteiger partial charge in [-0.1, -0.05) is 17.7 Å². The molecule has 0 amide bonds. The van der Waals surface area contributed by atoms with E-state index in [1.54, 1.807) is 0 Å². The molecule has 0 radical (unpaired) electrons. The smallest absolute Gasteiger partial charge is 0.249 e. The van der Waals surface area contributed by atoms with Gasteiger partial charge < -0.3 is 10.6 Å². The molecule has 0 spiro atoms. The molecule has 0 aliphatic heterocycles. The maximum atomic E-state index is 13.8. The number of nitrogens with zero attached hydrogens (tertiary/aromatic N) is 3. The van der Waals surface area contributed by atoms with Crippen molar-refractivity contribution < 1.29 is 13.2 Å². The van der Waals surface area contributed by atoms with Crippen molar-refractivity contribution in [1.82, 2.24) is 15.2 Å². The summed E-state index contributed by atoms with van der Waals surface area (Å²) < 4.78 is 40.1. The molecule has 2 aromatic carbocycles. The molecule has 3 rings (SSSR count). The van der Waals surface area contributed by atoms with E-state index >= 15 is 0 Å². The van der Waals surface area contributed by atoms with E-state index in [4.69, 9.17) is 0 Å². The van der Waals surface area contributed by atoms with Gasteiger partial charge in [-0.05, 0) is 44.0 Å². The van der Waals surface area contributed by atoms with Crippen LogP contribution in [0, 0.1) is 38.2 Å². The summed E-state index contributed by atoms with van der Waals surface area (Å²) >= 11 is 0. The highest BCUT2D eigenvalue weighted by Crippen LogP contribution is 2.26. The zero-order valence-corrected chi connectivity index (χ0v) is 14.4. The van der Waals surface area contributed by atoms with Crippen LogP contribution in [0.5, 0.6) is 0 Å². The van der Waals surface area contributed by atoms with Crippen molar-refractivity contribution in [3.8, 4) is 0 Å². The van der Waals surface area contributed by atoms with Crippen molar-refractivity contribution in [2.24, 2.45) is 0 Å². The number of halogens is 3. The molecule has 1 aromatic heterocycles. The van der Waals surface area contributed by atoms with Gasteiger partial charge in [-0.15, -0.1) is 5.10 Å². The number of hydrogen-bond donors (Lipinski definition) is 2. The van der Waals surface area contributed by atoms with Crippen LogP contribution in [-0.4, -0.2) is 15.2 Å². The maximum Gasteiger partial charge on any atom is 0.249 e. The van der Waals surface area contributed by atoms with Crippen LogP contribution in [0.25, 0.3) is 0 Å². The van der Waals surface area contributed by atoms with Crippen molar-refractivity contribution in [2.75, 3.05) is 10.6 Å². The van der Waals surface area contributed by atoms with Gasteiger partial charge >= 0.3 is 0 Å². The standard InChI is InChI=1S/C18H16F3N5/c1-9-6-10(2)17(11(3)7-9)25-18-24-14(8-22-26-18)23-13-5-4-12(19)15(20)16(13)21/h4-8H,1-3H3,(H2,23,24,25,26). The number of aromatic nitrogens is 3. The molecule has 0 bridgehead atoms. The highest BCUT2D eigenvalue weighted by Gasteiger charge is 2.14. The van der Waals surface area contributed by atoms with Crippen LogP contribution in [0.3, 0.4) is 0 Å². The predicted molar refractivity (Wildman–Crippen MR) is 93.4 cm³/mol. The summed E-state index contributed by atoms with van der Waals surface area (Å²) in [5.74, 6) is -3.82. The zero-order chi connectivity index (χ0) is 18.8. The molecule has 0 atom stereocenters. The highest BCUT2D eigenvalue weighted by atomic mass is 19.2. The second-order valence-electron chi connectivity index (χ2n) is 5.91. The molecule has 26 heavy (non-hydrogen) atoms. The third-order valence-corrected chi connectivity index (χ3v) is 3.77. The third-order valence-electron chi connectivity index (χ3n) is 3.77. The van der Waals surface area contributed by atoms with Crippen LogP contribution in [-0.2, 0) is 0 Å². The lowest BCUT2D eigenvalue weighted by Gasteiger charge is -2.13. The number of anilines is 4. The molecule has 2 N–H and O–H groups in total. The van der Waals surface area contributed by atoms with Gasteiger partial charge in [0.1, 0.15) is 0 Å². The molecule has 0 fully saturated rings. The number of aryl methyl sites for hydroxylation is 3. The molecule has 0 aliphatic rings. The van der Waals surface area contributed by atoms with E-state index in [1.807, 2.05) is 32.9 Å². The fourth-order valence-electron chi connectivity index (χ4n) is 2.67. The first-order valence-corrected chi connectivity index (χ1v) is 7.80. The Kier molecular flexibility index (Phi) is 4.75. The molecule has 3 aromatic rings. The van der Waals surface area contributed by atoms with E-state index in [0.717, 1.165) is 34.5 Å². The minimum absolute atomic E-state index is 0.134. The van der Waals surface area contributed by atoms with Crippen LogP contribution in [0.1, 0.15) is 16.7 Å². The fourth-order valence-corrected chi connectivity index (χ4v) is 2.67. The number of hydrogen-bond acceptors (Lipinski definition) is 5. The SMILES string of the molecule is Cc1cc(C)c(Nc2nncc(Nc3ccc(F)c(F)c3F)n2)c(C)c1. The molecule has 134 valence electrons. The van der Waals surface area contributed by atoms with E-state index in [-0.39, 0.29) is 17.5 Å². The van der Waals surface area contributed by atoms with Gasteiger partial charge in [-0.2, -0.15) is 10.1 Å². The van der Waals surface area contributed by atoms with Gasteiger partial charge in [0, 0.05) is 5.69 Å². The first-order chi connectivity index (χ1) is 12.3. The normalized spacial score (nSPS) is 10.7. The quantitative estimate of drug-likeness (QED) is 0.661. The number of benzene rings is 2. The lowest BCUT2D eigenvalue weighted by Crippen LogP contribution is -2.06. The average molecular weight is 359 g/mol. The number of rotatable bonds is 4. The molecular formula is C18H16F3N5. The molecule has 0 saturated carbocycles. The van der Waals surface area contributed by atoms with Crippen LogP contribution in [0.4, 0.5) is 36.3 Å². The second-order valence-corrected chi connectivity index (χ2v) is 5.91. The van der Waals surface area contributed by atoms with Crippen molar-refractivity contribution >= 4 is 23.1 Å². The van der Waals surface area contributed by atoms with Crippen LogP contribution >= 0.6 is 0 Å². The Morgan fingerprint density at radius 2 is 1.58 bits per heavy atom. The second kappa shape index (κ2) is 6.99. The topological polar surface area (TPSA) is 62.7 Å². The molecule has 0 saturated heterocycles. The van der Waals surface area contributed by atoms with E-state index < -0.39 is 17.5 Å². The molecule has 8 heteroatoms. The lowest BCUT2D eigenvalue weighted by molar-refractivity contribution is 0.449. The Labute approximate surface area is 148 Å². The Morgan fingerprint density at radius 3 is 2.27 bits per heavy atom. The van der Waals surface area contributed by atoms with Crippen LogP contribution < -0.4 is 10.6 Å². The first kappa shape index (κ1) is 17.7. The van der Waals surface area contributed by atoms with Gasteiger partial charge in [-0.3, -0.25) is 0 Å². The van der Waals surface area contributed by atoms with Crippen molar-refractivity contribution in [3.63, 3.8) is 0 Å². The van der Waals surface area contributed by atoms with E-state index in [0.29, 0.717) is 0 Å². The Bertz CT molecular complexity index is 952. The predicted octanol–water partition coefficient (Wildman–Crippen LogP) is 4.70. The Morgan fingerprint density at radius 1 is 0.885 bits per heavy atom. The van der Waals surface area contributed by atoms with Crippen LogP contribution in [0.2, 0.25) is 0 Å². The van der Waals surface area contributed by atoms with Gasteiger partial charge in [0.25, 0.3) is 0 Å². The molecule has 1 heterocycles. The van der Waals surface area contributed by atoms with Gasteiger partial charge in [0.05, 0.1) is 11.9 Å². The third kappa shape index (κ3) is 3.58. The minimum Gasteiger partial charge on any atom is -0.336 e. The highest BCUT2D eigenvalue weighted by molar-refractivity contribution is 5.65. The summed E-state index contributed by atoms with van der Waals surface area (Å²) in [6, 6.07) is 5.94. The summed E-state index contributed by atoms with van der Waals surface area (Å²) in [4.78, 5) is 4.18. The summed E-state index contributed by atoms with van der Waals surface area (Å²) in [7, 11) is 0. The number of nitrogens with one attached hydrogen (secondary N) is 2. The Hall–Kier alpha value is -3.16. The molecule has 5 nitrogen and oxygen atoms in total. The molecular weight excluding hydrogens is 343 g/mol. The van der Waals surface area contributed by atoms with Gasteiger partial charge in [-0.25, -0.2) is 13.2 Å². The van der Waals surface area contributed by atoms with Gasteiger partial charge in [0.2, 0.25) is 5.95 Å².